The molecular formula is C16H21N5O4. The average molecular weight is 347 g/mol. The van der Waals surface area contributed by atoms with Crippen LogP contribution >= 0.6 is 0 Å². The molecule has 3 heterocycles. The van der Waals surface area contributed by atoms with Gasteiger partial charge in [-0.1, -0.05) is 0 Å². The molecule has 0 unspecified atom stereocenters. The lowest BCUT2D eigenvalue weighted by molar-refractivity contribution is 0.0388. The lowest BCUT2D eigenvalue weighted by Crippen LogP contribution is -2.42. The number of nitrogens with zero attached hydrogens (tertiary/aromatic N) is 2. The quantitative estimate of drug-likeness (QED) is 0.722. The van der Waals surface area contributed by atoms with Crippen molar-refractivity contribution in [2.75, 3.05) is 51.8 Å². The number of H-pyrrole nitrogens is 1. The van der Waals surface area contributed by atoms with Crippen LogP contribution in [-0.4, -0.2) is 67.4 Å². The van der Waals surface area contributed by atoms with E-state index < -0.39 is 6.03 Å². The Hall–Kier alpha value is -2.65. The summed E-state index contributed by atoms with van der Waals surface area (Å²) in [5.74, 6) is 0.338. The van der Waals surface area contributed by atoms with Gasteiger partial charge in [-0.25, -0.2) is 9.78 Å². The number of amides is 2. The van der Waals surface area contributed by atoms with Gasteiger partial charge in [-0.15, -0.1) is 0 Å². The van der Waals surface area contributed by atoms with Crippen LogP contribution in [0.3, 0.4) is 0 Å². The first-order valence-electron chi connectivity index (χ1n) is 8.09. The van der Waals surface area contributed by atoms with E-state index in [1.807, 2.05) is 0 Å². The SMILES string of the molecule is COc1ccc2[nH]cc(NC(=O)NCCN3CCOCC3)c(=O)c2n1. The van der Waals surface area contributed by atoms with Crippen LogP contribution in [0.1, 0.15) is 0 Å². The van der Waals surface area contributed by atoms with Crippen molar-refractivity contribution in [1.82, 2.24) is 20.2 Å². The van der Waals surface area contributed by atoms with Gasteiger partial charge in [0, 0.05) is 38.4 Å². The van der Waals surface area contributed by atoms with Crippen LogP contribution in [0, 0.1) is 0 Å². The second kappa shape index (κ2) is 7.95. The van der Waals surface area contributed by atoms with E-state index in [0.717, 1.165) is 32.8 Å². The van der Waals surface area contributed by atoms with Crippen molar-refractivity contribution >= 4 is 22.8 Å². The van der Waals surface area contributed by atoms with Crippen LogP contribution in [0.15, 0.2) is 23.1 Å². The van der Waals surface area contributed by atoms with Gasteiger partial charge in [-0.3, -0.25) is 9.69 Å². The third-order valence-corrected chi connectivity index (χ3v) is 3.98. The monoisotopic (exact) mass is 347 g/mol. The van der Waals surface area contributed by atoms with Crippen molar-refractivity contribution < 1.29 is 14.3 Å². The number of rotatable bonds is 5. The fraction of sp³-hybridized carbons (Fsp3) is 0.438. The van der Waals surface area contributed by atoms with E-state index in [1.165, 1.54) is 13.3 Å². The normalized spacial score (nSPS) is 15.1. The van der Waals surface area contributed by atoms with Crippen LogP contribution in [0.4, 0.5) is 10.5 Å². The summed E-state index contributed by atoms with van der Waals surface area (Å²) in [7, 11) is 1.48. The Morgan fingerprint density at radius 2 is 2.20 bits per heavy atom. The molecule has 1 aliphatic rings. The van der Waals surface area contributed by atoms with Crippen LogP contribution in [-0.2, 0) is 4.74 Å². The van der Waals surface area contributed by atoms with E-state index in [0.29, 0.717) is 17.9 Å². The molecule has 0 bridgehead atoms. The van der Waals surface area contributed by atoms with Crippen molar-refractivity contribution in [2.45, 2.75) is 0 Å². The number of morpholine rings is 1. The maximum absolute atomic E-state index is 12.5. The summed E-state index contributed by atoms with van der Waals surface area (Å²) in [6.07, 6.45) is 1.46. The molecular weight excluding hydrogens is 326 g/mol. The van der Waals surface area contributed by atoms with Gasteiger partial charge in [0.15, 0.2) is 0 Å². The summed E-state index contributed by atoms with van der Waals surface area (Å²) in [4.78, 5) is 33.7. The predicted octanol–water partition coefficient (Wildman–Crippen LogP) is 0.385. The standard InChI is InChI=1S/C16H21N5O4/c1-24-13-3-2-11-14(20-13)15(22)12(10-18-11)19-16(23)17-4-5-21-6-8-25-9-7-21/h2-3,10H,4-9H2,1H3,(H,18,22)(H2,17,19,23). The minimum absolute atomic E-state index is 0.136. The van der Waals surface area contributed by atoms with Gasteiger partial charge in [-0.2, -0.15) is 0 Å². The number of nitrogens with one attached hydrogen (secondary N) is 3. The van der Waals surface area contributed by atoms with E-state index in [-0.39, 0.29) is 16.6 Å². The first-order valence-corrected chi connectivity index (χ1v) is 8.09. The summed E-state index contributed by atoms with van der Waals surface area (Å²) >= 11 is 0. The second-order valence-corrected chi connectivity index (χ2v) is 5.62. The maximum Gasteiger partial charge on any atom is 0.319 e. The number of anilines is 1. The number of hydrogen-bond acceptors (Lipinski definition) is 6. The number of urea groups is 1. The highest BCUT2D eigenvalue weighted by molar-refractivity contribution is 5.91. The molecule has 9 heteroatoms. The molecule has 2 aromatic heterocycles. The molecule has 2 amide bonds. The Morgan fingerprint density at radius 1 is 1.40 bits per heavy atom. The number of ether oxygens (including phenoxy) is 2. The largest absolute Gasteiger partial charge is 0.481 e. The molecule has 9 nitrogen and oxygen atoms in total. The van der Waals surface area contributed by atoms with Gasteiger partial charge < -0.3 is 25.1 Å². The molecule has 3 rings (SSSR count). The Labute approximate surface area is 144 Å². The van der Waals surface area contributed by atoms with E-state index in [1.54, 1.807) is 12.1 Å². The molecule has 1 aliphatic heterocycles. The zero-order chi connectivity index (χ0) is 17.6. The summed E-state index contributed by atoms with van der Waals surface area (Å²) in [5.41, 5.74) is 0.558. The highest BCUT2D eigenvalue weighted by Crippen LogP contribution is 2.13. The molecule has 0 radical (unpaired) electrons. The van der Waals surface area contributed by atoms with Crippen molar-refractivity contribution in [3.8, 4) is 5.88 Å². The van der Waals surface area contributed by atoms with Crippen molar-refractivity contribution in [1.29, 1.82) is 0 Å². The molecule has 0 saturated carbocycles. The molecule has 2 aromatic rings. The van der Waals surface area contributed by atoms with Gasteiger partial charge >= 0.3 is 6.03 Å². The zero-order valence-electron chi connectivity index (χ0n) is 14.0. The van der Waals surface area contributed by atoms with Gasteiger partial charge in [0.05, 0.1) is 25.8 Å². The smallest absolute Gasteiger partial charge is 0.319 e. The Morgan fingerprint density at radius 3 is 2.96 bits per heavy atom. The maximum atomic E-state index is 12.5. The van der Waals surface area contributed by atoms with Gasteiger partial charge in [0.2, 0.25) is 11.3 Å². The number of fused-ring (bicyclic) bond motifs is 1. The van der Waals surface area contributed by atoms with Crippen LogP contribution in [0.5, 0.6) is 5.88 Å². The minimum atomic E-state index is -0.430. The van der Waals surface area contributed by atoms with E-state index >= 15 is 0 Å². The molecule has 0 aliphatic carbocycles. The van der Waals surface area contributed by atoms with Crippen LogP contribution in [0.2, 0.25) is 0 Å². The molecule has 1 saturated heterocycles. The Bertz CT molecular complexity index is 801. The first kappa shape index (κ1) is 17.2. The first-order chi connectivity index (χ1) is 12.2. The molecule has 0 atom stereocenters. The third-order valence-electron chi connectivity index (χ3n) is 3.98. The number of aromatic amines is 1. The number of methoxy groups -OCH3 is 1. The Kier molecular flexibility index (Phi) is 5.46. The topological polar surface area (TPSA) is 109 Å². The zero-order valence-corrected chi connectivity index (χ0v) is 14.0. The van der Waals surface area contributed by atoms with E-state index in [2.05, 4.69) is 25.5 Å². The highest BCUT2D eigenvalue weighted by atomic mass is 16.5. The van der Waals surface area contributed by atoms with Crippen molar-refractivity contribution in [3.05, 3.63) is 28.6 Å². The summed E-state index contributed by atoms with van der Waals surface area (Å²) < 4.78 is 10.3. The number of hydrogen-bond donors (Lipinski definition) is 3. The molecule has 0 spiro atoms. The van der Waals surface area contributed by atoms with Gasteiger partial charge in [0.1, 0.15) is 11.2 Å². The Balaban J connectivity index is 1.60. The highest BCUT2D eigenvalue weighted by Gasteiger charge is 2.12. The van der Waals surface area contributed by atoms with Crippen molar-refractivity contribution in [3.63, 3.8) is 0 Å². The van der Waals surface area contributed by atoms with E-state index in [4.69, 9.17) is 9.47 Å². The predicted molar refractivity (Wildman–Crippen MR) is 93.2 cm³/mol. The molecule has 3 N–H and O–H groups in total. The molecule has 1 fully saturated rings. The molecule has 0 aromatic carbocycles. The molecule has 134 valence electrons. The average Bonchev–Trinajstić information content (AvgIpc) is 2.65. The molecule has 25 heavy (non-hydrogen) atoms. The number of carbonyl (C=O) groups is 1. The second-order valence-electron chi connectivity index (χ2n) is 5.62. The van der Waals surface area contributed by atoms with Gasteiger partial charge in [0.25, 0.3) is 0 Å². The summed E-state index contributed by atoms with van der Waals surface area (Å²) in [5, 5.41) is 5.31. The summed E-state index contributed by atoms with van der Waals surface area (Å²) in [6, 6.07) is 2.93. The minimum Gasteiger partial charge on any atom is -0.481 e. The lowest BCUT2D eigenvalue weighted by atomic mass is 10.3. The number of pyridine rings is 2. The number of carbonyl (C=O) groups excluding carboxylic acids is 1. The van der Waals surface area contributed by atoms with Crippen molar-refractivity contribution in [2.24, 2.45) is 0 Å². The fourth-order valence-electron chi connectivity index (χ4n) is 2.60. The fourth-order valence-corrected chi connectivity index (χ4v) is 2.60. The lowest BCUT2D eigenvalue weighted by Gasteiger charge is -2.26. The van der Waals surface area contributed by atoms with Crippen LogP contribution in [0.25, 0.3) is 11.0 Å². The van der Waals surface area contributed by atoms with Crippen LogP contribution < -0.4 is 20.8 Å². The summed E-state index contributed by atoms with van der Waals surface area (Å²) in [6.45, 7) is 4.39. The number of aromatic nitrogens is 2. The van der Waals surface area contributed by atoms with E-state index in [9.17, 15) is 9.59 Å². The third kappa shape index (κ3) is 4.25. The van der Waals surface area contributed by atoms with Gasteiger partial charge in [-0.05, 0) is 6.07 Å².